The Morgan fingerprint density at radius 1 is 0.737 bits per heavy atom. The second-order valence-electron chi connectivity index (χ2n) is 4.40. The summed E-state index contributed by atoms with van der Waals surface area (Å²) in [5.41, 5.74) is 8.47. The third-order valence-electron chi connectivity index (χ3n) is 3.02. The standard InChI is InChI=1S/C18H13N/c19-17-9-3-5-14(13-17)11-12-16-8-4-7-15-6-1-2-10-18(15)16/h1-10,13H,19H2. The molecule has 0 heterocycles. The molecule has 0 saturated carbocycles. The Hall–Kier alpha value is -2.72. The van der Waals surface area contributed by atoms with Crippen LogP contribution >= 0.6 is 0 Å². The molecule has 2 N–H and O–H groups in total. The summed E-state index contributed by atoms with van der Waals surface area (Å²) in [7, 11) is 0. The Bertz CT molecular complexity index is 786. The lowest BCUT2D eigenvalue weighted by atomic mass is 10.0. The van der Waals surface area contributed by atoms with Crippen LogP contribution in [0.3, 0.4) is 0 Å². The van der Waals surface area contributed by atoms with Crippen molar-refractivity contribution in [1.82, 2.24) is 0 Å². The van der Waals surface area contributed by atoms with E-state index in [-0.39, 0.29) is 0 Å². The summed E-state index contributed by atoms with van der Waals surface area (Å²) in [6, 6.07) is 22.1. The Morgan fingerprint density at radius 3 is 2.42 bits per heavy atom. The molecule has 0 atom stereocenters. The molecule has 0 aliphatic carbocycles. The molecule has 1 nitrogen and oxygen atoms in total. The van der Waals surface area contributed by atoms with Crippen LogP contribution in [0.2, 0.25) is 0 Å². The maximum absolute atomic E-state index is 5.75. The third kappa shape index (κ3) is 2.43. The van der Waals surface area contributed by atoms with E-state index < -0.39 is 0 Å². The van der Waals surface area contributed by atoms with E-state index in [1.165, 1.54) is 10.8 Å². The van der Waals surface area contributed by atoms with E-state index in [0.717, 1.165) is 16.8 Å². The molecule has 0 radical (unpaired) electrons. The van der Waals surface area contributed by atoms with Crippen molar-refractivity contribution in [3.63, 3.8) is 0 Å². The summed E-state index contributed by atoms with van der Waals surface area (Å²) in [6.45, 7) is 0. The van der Waals surface area contributed by atoms with E-state index >= 15 is 0 Å². The molecule has 0 unspecified atom stereocenters. The van der Waals surface area contributed by atoms with Crippen molar-refractivity contribution in [2.45, 2.75) is 0 Å². The van der Waals surface area contributed by atoms with Crippen LogP contribution in [0.15, 0.2) is 66.7 Å². The molecule has 0 saturated heterocycles. The zero-order valence-corrected chi connectivity index (χ0v) is 10.4. The number of rotatable bonds is 0. The van der Waals surface area contributed by atoms with Crippen molar-refractivity contribution in [3.05, 3.63) is 77.9 Å². The lowest BCUT2D eigenvalue weighted by molar-refractivity contribution is 1.63. The molecule has 1 heteroatoms. The number of nitrogen functional groups attached to an aromatic ring is 1. The highest BCUT2D eigenvalue weighted by Crippen LogP contribution is 2.17. The van der Waals surface area contributed by atoms with Crippen molar-refractivity contribution in [1.29, 1.82) is 0 Å². The van der Waals surface area contributed by atoms with Crippen molar-refractivity contribution in [2.24, 2.45) is 0 Å². The Morgan fingerprint density at radius 2 is 1.53 bits per heavy atom. The largest absolute Gasteiger partial charge is 0.399 e. The number of hydrogen-bond acceptors (Lipinski definition) is 1. The monoisotopic (exact) mass is 243 g/mol. The van der Waals surface area contributed by atoms with Crippen LogP contribution in [0.4, 0.5) is 5.69 Å². The second kappa shape index (κ2) is 4.88. The van der Waals surface area contributed by atoms with Gasteiger partial charge in [0.05, 0.1) is 0 Å². The van der Waals surface area contributed by atoms with Crippen LogP contribution in [0.1, 0.15) is 11.1 Å². The van der Waals surface area contributed by atoms with Gasteiger partial charge in [-0.05, 0) is 35.0 Å². The smallest absolute Gasteiger partial charge is 0.0327 e. The topological polar surface area (TPSA) is 26.0 Å². The van der Waals surface area contributed by atoms with Gasteiger partial charge >= 0.3 is 0 Å². The molecule has 3 aromatic rings. The van der Waals surface area contributed by atoms with E-state index in [4.69, 9.17) is 5.73 Å². The molecule has 0 amide bonds. The first kappa shape index (κ1) is 11.4. The average Bonchev–Trinajstić information content (AvgIpc) is 2.45. The van der Waals surface area contributed by atoms with Gasteiger partial charge in [0.2, 0.25) is 0 Å². The molecule has 0 aromatic heterocycles. The SMILES string of the molecule is Nc1cccc(C#Cc2cccc3ccccc23)c1. The van der Waals surface area contributed by atoms with Crippen LogP contribution in [0.25, 0.3) is 10.8 Å². The highest BCUT2D eigenvalue weighted by atomic mass is 14.5. The number of fused-ring (bicyclic) bond motifs is 1. The Labute approximate surface area is 112 Å². The quantitative estimate of drug-likeness (QED) is 0.471. The first-order valence-corrected chi connectivity index (χ1v) is 6.18. The summed E-state index contributed by atoms with van der Waals surface area (Å²) < 4.78 is 0. The van der Waals surface area contributed by atoms with Gasteiger partial charge < -0.3 is 5.73 Å². The molecule has 0 spiro atoms. The van der Waals surface area contributed by atoms with Gasteiger partial charge in [-0.2, -0.15) is 0 Å². The zero-order valence-electron chi connectivity index (χ0n) is 10.4. The van der Waals surface area contributed by atoms with E-state index in [0.29, 0.717) is 0 Å². The maximum Gasteiger partial charge on any atom is 0.0327 e. The predicted molar refractivity (Wildman–Crippen MR) is 80.8 cm³/mol. The summed E-state index contributed by atoms with van der Waals surface area (Å²) in [6.07, 6.45) is 0. The minimum atomic E-state index is 0.740. The molecule has 19 heavy (non-hydrogen) atoms. The predicted octanol–water partition coefficient (Wildman–Crippen LogP) is 3.82. The molecule has 3 rings (SSSR count). The zero-order chi connectivity index (χ0) is 13.1. The minimum absolute atomic E-state index is 0.740. The first-order valence-electron chi connectivity index (χ1n) is 6.18. The van der Waals surface area contributed by atoms with Gasteiger partial charge in [0.15, 0.2) is 0 Å². The van der Waals surface area contributed by atoms with Gasteiger partial charge in [-0.25, -0.2) is 0 Å². The Balaban J connectivity index is 2.07. The molecule has 0 fully saturated rings. The molecule has 3 aromatic carbocycles. The average molecular weight is 243 g/mol. The summed E-state index contributed by atoms with van der Waals surface area (Å²) >= 11 is 0. The fourth-order valence-electron chi connectivity index (χ4n) is 2.09. The molecule has 0 aliphatic rings. The summed E-state index contributed by atoms with van der Waals surface area (Å²) in [5, 5.41) is 2.39. The number of benzene rings is 3. The molecular formula is C18H13N. The van der Waals surface area contributed by atoms with Gasteiger partial charge in [-0.3, -0.25) is 0 Å². The third-order valence-corrected chi connectivity index (χ3v) is 3.02. The van der Waals surface area contributed by atoms with Crippen molar-refractivity contribution < 1.29 is 0 Å². The minimum Gasteiger partial charge on any atom is -0.399 e. The fourth-order valence-corrected chi connectivity index (χ4v) is 2.09. The molecule has 0 aliphatic heterocycles. The van der Waals surface area contributed by atoms with E-state index in [1.54, 1.807) is 0 Å². The Kier molecular flexibility index (Phi) is 2.92. The van der Waals surface area contributed by atoms with Gasteiger partial charge in [0, 0.05) is 16.8 Å². The fraction of sp³-hybridized carbons (Fsp3) is 0. The van der Waals surface area contributed by atoms with Gasteiger partial charge in [-0.1, -0.05) is 54.3 Å². The van der Waals surface area contributed by atoms with Gasteiger partial charge in [-0.15, -0.1) is 0 Å². The second-order valence-corrected chi connectivity index (χ2v) is 4.40. The first-order chi connectivity index (χ1) is 9.33. The summed E-state index contributed by atoms with van der Waals surface area (Å²) in [4.78, 5) is 0. The summed E-state index contributed by atoms with van der Waals surface area (Å²) in [5.74, 6) is 6.39. The molecule has 0 bridgehead atoms. The normalized spacial score (nSPS) is 9.89. The van der Waals surface area contributed by atoms with E-state index in [2.05, 4.69) is 30.0 Å². The molecule has 90 valence electrons. The van der Waals surface area contributed by atoms with Crippen LogP contribution in [0, 0.1) is 11.8 Å². The number of hydrogen-bond donors (Lipinski definition) is 1. The van der Waals surface area contributed by atoms with E-state index in [9.17, 15) is 0 Å². The van der Waals surface area contributed by atoms with Gasteiger partial charge in [0.1, 0.15) is 0 Å². The highest BCUT2D eigenvalue weighted by Gasteiger charge is 1.96. The lowest BCUT2D eigenvalue weighted by Gasteiger charge is -1.99. The number of nitrogens with two attached hydrogens (primary N) is 1. The maximum atomic E-state index is 5.75. The van der Waals surface area contributed by atoms with Crippen molar-refractivity contribution in [3.8, 4) is 11.8 Å². The van der Waals surface area contributed by atoms with Crippen LogP contribution in [-0.2, 0) is 0 Å². The van der Waals surface area contributed by atoms with Crippen LogP contribution < -0.4 is 5.73 Å². The van der Waals surface area contributed by atoms with Crippen molar-refractivity contribution >= 4 is 16.5 Å². The van der Waals surface area contributed by atoms with Crippen LogP contribution in [-0.4, -0.2) is 0 Å². The van der Waals surface area contributed by atoms with Gasteiger partial charge in [0.25, 0.3) is 0 Å². The number of anilines is 1. The van der Waals surface area contributed by atoms with E-state index in [1.807, 2.05) is 48.5 Å². The van der Waals surface area contributed by atoms with Crippen molar-refractivity contribution in [2.75, 3.05) is 5.73 Å². The lowest BCUT2D eigenvalue weighted by Crippen LogP contribution is -1.84. The van der Waals surface area contributed by atoms with Crippen LogP contribution in [0.5, 0.6) is 0 Å². The molecular weight excluding hydrogens is 230 g/mol. The highest BCUT2D eigenvalue weighted by molar-refractivity contribution is 5.88.